The molecule has 0 radical (unpaired) electrons. The van der Waals surface area contributed by atoms with Crippen molar-refractivity contribution >= 4 is 45.6 Å². The van der Waals surface area contributed by atoms with Crippen molar-refractivity contribution in [2.45, 2.75) is 6.42 Å². The van der Waals surface area contributed by atoms with Gasteiger partial charge in [-0.2, -0.15) is 0 Å². The van der Waals surface area contributed by atoms with Gasteiger partial charge in [-0.15, -0.1) is 0 Å². The van der Waals surface area contributed by atoms with Crippen molar-refractivity contribution in [2.75, 3.05) is 11.9 Å². The van der Waals surface area contributed by atoms with Gasteiger partial charge in [0.1, 0.15) is 0 Å². The van der Waals surface area contributed by atoms with Gasteiger partial charge in [0.2, 0.25) is 0 Å². The molecular weight excluding hydrogens is 367 g/mol. The molecule has 2 N–H and O–H groups in total. The predicted octanol–water partition coefficient (Wildman–Crippen LogP) is 3.82. The molecular formula is C15H15IN2S. The Kier molecular flexibility index (Phi) is 5.60. The molecule has 2 rings (SSSR count). The Morgan fingerprint density at radius 3 is 2.37 bits per heavy atom. The van der Waals surface area contributed by atoms with E-state index in [1.807, 2.05) is 18.2 Å². The van der Waals surface area contributed by atoms with Crippen LogP contribution in [0.3, 0.4) is 0 Å². The topological polar surface area (TPSA) is 24.1 Å². The number of benzene rings is 2. The third-order valence-electron chi connectivity index (χ3n) is 2.64. The Morgan fingerprint density at radius 2 is 1.68 bits per heavy atom. The third-order valence-corrected chi connectivity index (χ3v) is 3.61. The predicted molar refractivity (Wildman–Crippen MR) is 93.5 cm³/mol. The zero-order valence-electron chi connectivity index (χ0n) is 10.4. The van der Waals surface area contributed by atoms with Crippen LogP contribution in [0.25, 0.3) is 0 Å². The SMILES string of the molecule is S=C(NCCc1ccccc1)Nc1ccc(I)cc1. The Hall–Kier alpha value is -1.14. The van der Waals surface area contributed by atoms with Crippen LogP contribution in [0.5, 0.6) is 0 Å². The van der Waals surface area contributed by atoms with Crippen molar-refractivity contribution in [3.05, 3.63) is 63.7 Å². The van der Waals surface area contributed by atoms with Gasteiger partial charge in [0.05, 0.1) is 0 Å². The molecule has 0 aliphatic carbocycles. The summed E-state index contributed by atoms with van der Waals surface area (Å²) in [4.78, 5) is 0. The fraction of sp³-hybridized carbons (Fsp3) is 0.133. The summed E-state index contributed by atoms with van der Waals surface area (Å²) >= 11 is 7.54. The van der Waals surface area contributed by atoms with E-state index in [1.54, 1.807) is 0 Å². The molecule has 0 amide bonds. The van der Waals surface area contributed by atoms with Gasteiger partial charge < -0.3 is 10.6 Å². The average Bonchev–Trinajstić information content (AvgIpc) is 2.43. The molecule has 2 aromatic carbocycles. The summed E-state index contributed by atoms with van der Waals surface area (Å²) in [6, 6.07) is 18.5. The molecule has 0 bridgehead atoms. The zero-order valence-corrected chi connectivity index (χ0v) is 13.4. The fourth-order valence-corrected chi connectivity index (χ4v) is 2.25. The Bertz CT molecular complexity index is 526. The van der Waals surface area contributed by atoms with E-state index in [1.165, 1.54) is 9.13 Å². The lowest BCUT2D eigenvalue weighted by Crippen LogP contribution is -2.30. The molecule has 0 aliphatic heterocycles. The van der Waals surface area contributed by atoms with Crippen molar-refractivity contribution in [3.8, 4) is 0 Å². The van der Waals surface area contributed by atoms with Crippen LogP contribution in [0.4, 0.5) is 5.69 Å². The maximum atomic E-state index is 5.26. The highest BCUT2D eigenvalue weighted by Gasteiger charge is 1.97. The summed E-state index contributed by atoms with van der Waals surface area (Å²) in [6.07, 6.45) is 0.968. The van der Waals surface area contributed by atoms with Crippen LogP contribution in [0.1, 0.15) is 5.56 Å². The van der Waals surface area contributed by atoms with Gasteiger partial charge in [-0.25, -0.2) is 0 Å². The number of hydrogen-bond acceptors (Lipinski definition) is 1. The molecule has 19 heavy (non-hydrogen) atoms. The molecule has 0 atom stereocenters. The number of thiocarbonyl (C=S) groups is 1. The summed E-state index contributed by atoms with van der Waals surface area (Å²) in [5.41, 5.74) is 2.32. The van der Waals surface area contributed by atoms with E-state index in [-0.39, 0.29) is 0 Å². The number of anilines is 1. The van der Waals surface area contributed by atoms with Crippen molar-refractivity contribution in [1.82, 2.24) is 5.32 Å². The highest BCUT2D eigenvalue weighted by Crippen LogP contribution is 2.10. The van der Waals surface area contributed by atoms with Crippen LogP contribution in [0.2, 0.25) is 0 Å². The van der Waals surface area contributed by atoms with Gasteiger partial charge in [0.25, 0.3) is 0 Å². The molecule has 0 saturated carbocycles. The first-order valence-electron chi connectivity index (χ1n) is 6.08. The molecule has 0 aliphatic rings. The number of nitrogens with one attached hydrogen (secondary N) is 2. The van der Waals surface area contributed by atoms with Crippen LogP contribution in [-0.2, 0) is 6.42 Å². The van der Waals surface area contributed by atoms with Crippen LogP contribution in [0.15, 0.2) is 54.6 Å². The Morgan fingerprint density at radius 1 is 1.00 bits per heavy atom. The third kappa shape index (κ3) is 5.16. The van der Waals surface area contributed by atoms with Gasteiger partial charge in [-0.05, 0) is 71.1 Å². The van der Waals surface area contributed by atoms with Crippen molar-refractivity contribution in [2.24, 2.45) is 0 Å². The maximum Gasteiger partial charge on any atom is 0.170 e. The minimum Gasteiger partial charge on any atom is -0.362 e. The highest BCUT2D eigenvalue weighted by atomic mass is 127. The summed E-state index contributed by atoms with van der Waals surface area (Å²) in [5.74, 6) is 0. The maximum absolute atomic E-state index is 5.26. The normalized spacial score (nSPS) is 9.95. The van der Waals surface area contributed by atoms with E-state index >= 15 is 0 Å². The fourth-order valence-electron chi connectivity index (χ4n) is 1.67. The smallest absolute Gasteiger partial charge is 0.170 e. The van der Waals surface area contributed by atoms with Crippen LogP contribution < -0.4 is 10.6 Å². The number of rotatable bonds is 4. The van der Waals surface area contributed by atoms with E-state index in [9.17, 15) is 0 Å². The van der Waals surface area contributed by atoms with E-state index in [2.05, 4.69) is 69.6 Å². The summed E-state index contributed by atoms with van der Waals surface area (Å²) in [7, 11) is 0. The number of halogens is 1. The standard InChI is InChI=1S/C15H15IN2S/c16-13-6-8-14(9-7-13)18-15(19)17-11-10-12-4-2-1-3-5-12/h1-9H,10-11H2,(H2,17,18,19). The van der Waals surface area contributed by atoms with Crippen LogP contribution in [-0.4, -0.2) is 11.7 Å². The van der Waals surface area contributed by atoms with Crippen molar-refractivity contribution < 1.29 is 0 Å². The van der Waals surface area contributed by atoms with Gasteiger partial charge in [0, 0.05) is 15.8 Å². The molecule has 2 aromatic rings. The summed E-state index contributed by atoms with van der Waals surface area (Å²) in [6.45, 7) is 0.834. The first-order valence-corrected chi connectivity index (χ1v) is 7.57. The van der Waals surface area contributed by atoms with E-state index in [4.69, 9.17) is 12.2 Å². The van der Waals surface area contributed by atoms with E-state index in [0.717, 1.165) is 18.7 Å². The Balaban J connectivity index is 1.74. The van der Waals surface area contributed by atoms with Gasteiger partial charge in [0.15, 0.2) is 5.11 Å². The van der Waals surface area contributed by atoms with Gasteiger partial charge >= 0.3 is 0 Å². The molecule has 4 heteroatoms. The number of hydrogen-bond donors (Lipinski definition) is 2. The average molecular weight is 382 g/mol. The summed E-state index contributed by atoms with van der Waals surface area (Å²) < 4.78 is 1.21. The molecule has 0 unspecified atom stereocenters. The minimum absolute atomic E-state index is 0.664. The summed E-state index contributed by atoms with van der Waals surface area (Å²) in [5, 5.41) is 7.05. The lowest BCUT2D eigenvalue weighted by atomic mass is 10.1. The highest BCUT2D eigenvalue weighted by molar-refractivity contribution is 14.1. The lowest BCUT2D eigenvalue weighted by molar-refractivity contribution is 0.873. The quantitative estimate of drug-likeness (QED) is 0.621. The van der Waals surface area contributed by atoms with Crippen LogP contribution in [0, 0.1) is 3.57 Å². The Labute approximate surface area is 132 Å². The van der Waals surface area contributed by atoms with Gasteiger partial charge in [-0.1, -0.05) is 30.3 Å². The lowest BCUT2D eigenvalue weighted by Gasteiger charge is -2.10. The van der Waals surface area contributed by atoms with E-state index in [0.29, 0.717) is 5.11 Å². The van der Waals surface area contributed by atoms with Crippen molar-refractivity contribution in [3.63, 3.8) is 0 Å². The second-order valence-electron chi connectivity index (χ2n) is 4.12. The van der Waals surface area contributed by atoms with Crippen LogP contribution >= 0.6 is 34.8 Å². The van der Waals surface area contributed by atoms with E-state index < -0.39 is 0 Å². The van der Waals surface area contributed by atoms with Gasteiger partial charge in [-0.3, -0.25) is 0 Å². The molecule has 0 heterocycles. The molecule has 2 nitrogen and oxygen atoms in total. The molecule has 0 fully saturated rings. The molecule has 98 valence electrons. The largest absolute Gasteiger partial charge is 0.362 e. The minimum atomic E-state index is 0.664. The zero-order chi connectivity index (χ0) is 13.5. The first kappa shape index (κ1) is 14.3. The first-order chi connectivity index (χ1) is 9.24. The van der Waals surface area contributed by atoms with Crippen molar-refractivity contribution in [1.29, 1.82) is 0 Å². The monoisotopic (exact) mass is 382 g/mol. The molecule has 0 spiro atoms. The second kappa shape index (κ2) is 7.45. The second-order valence-corrected chi connectivity index (χ2v) is 5.78. The molecule has 0 aromatic heterocycles. The molecule has 0 saturated heterocycles.